The highest BCUT2D eigenvalue weighted by atomic mass is 16.1. The van der Waals surface area contributed by atoms with Crippen LogP contribution in [0.2, 0.25) is 0 Å². The zero-order valence-electron chi connectivity index (χ0n) is 13.0. The average molecular weight is 290 g/mol. The highest BCUT2D eigenvalue weighted by molar-refractivity contribution is 5.77. The Bertz CT molecular complexity index is 661. The van der Waals surface area contributed by atoms with Gasteiger partial charge in [-0.3, -0.25) is 4.79 Å². The van der Waals surface area contributed by atoms with Crippen LogP contribution in [-0.4, -0.2) is 37.6 Å². The second kappa shape index (κ2) is 5.77. The van der Waals surface area contributed by atoms with Crippen LogP contribution in [0.15, 0.2) is 6.33 Å². The Kier molecular flexibility index (Phi) is 4.22. The number of hydrogen-bond donors (Lipinski definition) is 2. The third kappa shape index (κ3) is 3.36. The number of rotatable bonds is 5. The fraction of sp³-hybridized carbons (Fsp3) is 0.571. The molecule has 0 aliphatic carbocycles. The number of nitrogens with zero attached hydrogens (tertiary/aromatic N) is 4. The van der Waals surface area contributed by atoms with Crippen LogP contribution in [0, 0.1) is 13.8 Å². The Morgan fingerprint density at radius 1 is 1.43 bits per heavy atom. The van der Waals surface area contributed by atoms with Gasteiger partial charge < -0.3 is 11.1 Å². The van der Waals surface area contributed by atoms with Gasteiger partial charge in [-0.05, 0) is 39.7 Å². The van der Waals surface area contributed by atoms with Gasteiger partial charge in [-0.1, -0.05) is 0 Å². The van der Waals surface area contributed by atoms with Crippen molar-refractivity contribution in [1.82, 2.24) is 24.9 Å². The molecular weight excluding hydrogens is 268 g/mol. The molecule has 0 atom stereocenters. The van der Waals surface area contributed by atoms with Crippen molar-refractivity contribution in [2.45, 2.75) is 46.1 Å². The number of carbonyl (C=O) groups is 1. The van der Waals surface area contributed by atoms with Crippen molar-refractivity contribution in [1.29, 1.82) is 0 Å². The third-order valence-corrected chi connectivity index (χ3v) is 3.58. The van der Waals surface area contributed by atoms with Gasteiger partial charge in [-0.25, -0.2) is 9.50 Å². The quantitative estimate of drug-likeness (QED) is 0.837. The van der Waals surface area contributed by atoms with Crippen LogP contribution in [0.25, 0.3) is 5.78 Å². The van der Waals surface area contributed by atoms with Gasteiger partial charge in [0, 0.05) is 29.9 Å². The summed E-state index contributed by atoms with van der Waals surface area (Å²) in [6.07, 6.45) is 2.50. The maximum Gasteiger partial charge on any atom is 0.252 e. The first-order valence-electron chi connectivity index (χ1n) is 7.01. The van der Waals surface area contributed by atoms with Crippen molar-refractivity contribution in [2.24, 2.45) is 5.73 Å². The largest absolute Gasteiger partial charge is 0.350 e. The normalized spacial score (nSPS) is 11.9. The molecule has 0 aromatic carbocycles. The fourth-order valence-corrected chi connectivity index (χ4v) is 2.25. The number of aromatic nitrogens is 4. The molecule has 21 heavy (non-hydrogen) atoms. The summed E-state index contributed by atoms with van der Waals surface area (Å²) in [7, 11) is 0. The molecule has 0 saturated heterocycles. The Hall–Kier alpha value is -2.02. The summed E-state index contributed by atoms with van der Waals surface area (Å²) in [4.78, 5) is 20.5. The smallest absolute Gasteiger partial charge is 0.252 e. The lowest BCUT2D eigenvalue weighted by Gasteiger charge is -2.24. The number of carbonyl (C=O) groups excluding carboxylic acids is 1. The van der Waals surface area contributed by atoms with E-state index in [0.717, 1.165) is 17.0 Å². The highest BCUT2D eigenvalue weighted by Crippen LogP contribution is 2.15. The summed E-state index contributed by atoms with van der Waals surface area (Å²) in [5.41, 5.74) is 8.13. The predicted molar refractivity (Wildman–Crippen MR) is 79.9 cm³/mol. The predicted octanol–water partition coefficient (Wildman–Crippen LogP) is 0.527. The molecule has 0 aliphatic rings. The molecular formula is C14H22N6O. The number of nitrogens with two attached hydrogens (primary N) is 1. The third-order valence-electron chi connectivity index (χ3n) is 3.58. The minimum Gasteiger partial charge on any atom is -0.350 e. The zero-order valence-corrected chi connectivity index (χ0v) is 13.0. The van der Waals surface area contributed by atoms with E-state index < -0.39 is 0 Å². The van der Waals surface area contributed by atoms with Crippen molar-refractivity contribution in [3.8, 4) is 0 Å². The Morgan fingerprint density at radius 2 is 2.14 bits per heavy atom. The summed E-state index contributed by atoms with van der Waals surface area (Å²) >= 11 is 0. The standard InChI is InChI=1S/C14H22N6O/c1-9-11(5-6-12(21)19-14(3,4)7-15)10(2)20-13(18-9)16-8-17-20/h8H,5-7,15H2,1-4H3,(H,19,21). The lowest BCUT2D eigenvalue weighted by Crippen LogP contribution is -2.48. The van der Waals surface area contributed by atoms with Gasteiger partial charge in [0.15, 0.2) is 0 Å². The van der Waals surface area contributed by atoms with Gasteiger partial charge in [0.1, 0.15) is 6.33 Å². The summed E-state index contributed by atoms with van der Waals surface area (Å²) in [5, 5.41) is 7.07. The van der Waals surface area contributed by atoms with E-state index in [1.807, 2.05) is 27.7 Å². The van der Waals surface area contributed by atoms with Crippen LogP contribution in [0.4, 0.5) is 0 Å². The van der Waals surface area contributed by atoms with Gasteiger partial charge >= 0.3 is 0 Å². The number of aryl methyl sites for hydroxylation is 2. The second-order valence-electron chi connectivity index (χ2n) is 5.87. The molecule has 2 heterocycles. The molecule has 0 spiro atoms. The first kappa shape index (κ1) is 15.4. The van der Waals surface area contributed by atoms with E-state index in [-0.39, 0.29) is 11.4 Å². The monoisotopic (exact) mass is 290 g/mol. The van der Waals surface area contributed by atoms with Crippen molar-refractivity contribution in [2.75, 3.05) is 6.54 Å². The van der Waals surface area contributed by atoms with Gasteiger partial charge in [0.2, 0.25) is 5.91 Å². The first-order chi connectivity index (χ1) is 9.84. The van der Waals surface area contributed by atoms with Crippen molar-refractivity contribution in [3.63, 3.8) is 0 Å². The van der Waals surface area contributed by atoms with E-state index in [0.29, 0.717) is 25.2 Å². The lowest BCUT2D eigenvalue weighted by atomic mass is 10.0. The SMILES string of the molecule is Cc1nc2ncnn2c(C)c1CCC(=O)NC(C)(C)CN. The molecule has 0 bridgehead atoms. The topological polar surface area (TPSA) is 98.2 Å². The zero-order chi connectivity index (χ0) is 15.6. The van der Waals surface area contributed by atoms with E-state index in [2.05, 4.69) is 20.4 Å². The summed E-state index contributed by atoms with van der Waals surface area (Å²) < 4.78 is 1.70. The average Bonchev–Trinajstić information content (AvgIpc) is 2.86. The highest BCUT2D eigenvalue weighted by Gasteiger charge is 2.19. The van der Waals surface area contributed by atoms with Crippen LogP contribution in [0.5, 0.6) is 0 Å². The molecule has 2 aromatic heterocycles. The molecule has 7 nitrogen and oxygen atoms in total. The number of nitrogens with one attached hydrogen (secondary N) is 1. The van der Waals surface area contributed by atoms with Gasteiger partial charge in [-0.2, -0.15) is 10.1 Å². The molecule has 0 unspecified atom stereocenters. The Morgan fingerprint density at radius 3 is 2.81 bits per heavy atom. The fourth-order valence-electron chi connectivity index (χ4n) is 2.25. The minimum absolute atomic E-state index is 0.0112. The molecule has 114 valence electrons. The van der Waals surface area contributed by atoms with Crippen LogP contribution in [0.1, 0.15) is 37.2 Å². The van der Waals surface area contributed by atoms with E-state index in [4.69, 9.17) is 5.73 Å². The molecule has 0 aliphatic heterocycles. The lowest BCUT2D eigenvalue weighted by molar-refractivity contribution is -0.122. The van der Waals surface area contributed by atoms with Crippen LogP contribution in [0.3, 0.4) is 0 Å². The second-order valence-corrected chi connectivity index (χ2v) is 5.87. The molecule has 3 N–H and O–H groups in total. The van der Waals surface area contributed by atoms with E-state index >= 15 is 0 Å². The van der Waals surface area contributed by atoms with E-state index in [1.165, 1.54) is 6.33 Å². The molecule has 0 saturated carbocycles. The summed E-state index contributed by atoms with van der Waals surface area (Å²) in [5.74, 6) is 0.574. The Balaban J connectivity index is 2.12. The summed E-state index contributed by atoms with van der Waals surface area (Å²) in [6.45, 7) is 8.12. The molecule has 2 rings (SSSR count). The van der Waals surface area contributed by atoms with E-state index in [1.54, 1.807) is 4.52 Å². The van der Waals surface area contributed by atoms with Gasteiger partial charge in [0.25, 0.3) is 5.78 Å². The van der Waals surface area contributed by atoms with Crippen LogP contribution < -0.4 is 11.1 Å². The summed E-state index contributed by atoms with van der Waals surface area (Å²) in [6, 6.07) is 0. The van der Waals surface area contributed by atoms with Gasteiger partial charge in [-0.15, -0.1) is 0 Å². The van der Waals surface area contributed by atoms with Crippen molar-refractivity contribution >= 4 is 11.7 Å². The molecule has 0 fully saturated rings. The number of fused-ring (bicyclic) bond motifs is 1. The van der Waals surface area contributed by atoms with Crippen molar-refractivity contribution in [3.05, 3.63) is 23.3 Å². The maximum absolute atomic E-state index is 12.0. The number of amides is 1. The molecule has 2 aromatic rings. The maximum atomic E-state index is 12.0. The molecule has 7 heteroatoms. The van der Waals surface area contributed by atoms with Gasteiger partial charge in [0.05, 0.1) is 0 Å². The van der Waals surface area contributed by atoms with Crippen molar-refractivity contribution < 1.29 is 4.79 Å². The first-order valence-corrected chi connectivity index (χ1v) is 7.01. The molecule has 1 amide bonds. The number of hydrogen-bond acceptors (Lipinski definition) is 5. The minimum atomic E-state index is -0.380. The van der Waals surface area contributed by atoms with E-state index in [9.17, 15) is 4.79 Å². The Labute approximate surface area is 124 Å². The van der Waals surface area contributed by atoms with Crippen LogP contribution >= 0.6 is 0 Å². The van der Waals surface area contributed by atoms with Crippen LogP contribution in [-0.2, 0) is 11.2 Å². The molecule has 0 radical (unpaired) electrons.